The van der Waals surface area contributed by atoms with Crippen LogP contribution < -0.4 is 4.72 Å². The first kappa shape index (κ1) is 14.1. The number of aryl methyl sites for hydroxylation is 2. The Hall–Kier alpha value is -0.880. The smallest absolute Gasteiger partial charge is 0.273 e. The molecule has 6 heteroatoms. The van der Waals surface area contributed by atoms with E-state index in [1.54, 1.807) is 6.07 Å². The van der Waals surface area contributed by atoms with Crippen molar-refractivity contribution in [3.8, 4) is 0 Å². The van der Waals surface area contributed by atoms with E-state index in [9.17, 15) is 13.2 Å². The van der Waals surface area contributed by atoms with Crippen LogP contribution in [-0.4, -0.2) is 14.3 Å². The van der Waals surface area contributed by atoms with E-state index in [-0.39, 0.29) is 16.0 Å². The lowest BCUT2D eigenvalue weighted by Gasteiger charge is -2.25. The number of sulfonamides is 1. The largest absolute Gasteiger partial charge is 0.274 e. The van der Waals surface area contributed by atoms with Crippen molar-refractivity contribution in [1.29, 1.82) is 0 Å². The van der Waals surface area contributed by atoms with Crippen LogP contribution in [0.4, 0.5) is 0 Å². The number of hydrogen-bond acceptors (Lipinski definition) is 4. The number of thiophene rings is 1. The molecule has 3 rings (SSSR count). The van der Waals surface area contributed by atoms with Crippen molar-refractivity contribution < 1.29 is 13.2 Å². The second kappa shape index (κ2) is 4.84. The van der Waals surface area contributed by atoms with Gasteiger partial charge >= 0.3 is 0 Å². The minimum atomic E-state index is -3.69. The molecular weight excluding hydrogens is 294 g/mol. The normalized spacial score (nSPS) is 26.1. The summed E-state index contributed by atoms with van der Waals surface area (Å²) in [5, 5.41) is 0. The fourth-order valence-electron chi connectivity index (χ4n) is 2.84. The number of amides is 1. The van der Waals surface area contributed by atoms with Crippen molar-refractivity contribution in [3.63, 3.8) is 0 Å². The monoisotopic (exact) mass is 313 g/mol. The quantitative estimate of drug-likeness (QED) is 0.929. The maximum atomic E-state index is 12.2. The second-order valence-corrected chi connectivity index (χ2v) is 9.14. The molecule has 1 heterocycles. The van der Waals surface area contributed by atoms with E-state index < -0.39 is 10.0 Å². The first-order valence-electron chi connectivity index (χ1n) is 7.02. The average molecular weight is 313 g/mol. The van der Waals surface area contributed by atoms with E-state index in [1.807, 2.05) is 13.8 Å². The molecule has 2 saturated carbocycles. The Morgan fingerprint density at radius 1 is 1.35 bits per heavy atom. The summed E-state index contributed by atoms with van der Waals surface area (Å²) in [4.78, 5) is 13.0. The Kier molecular flexibility index (Phi) is 3.41. The van der Waals surface area contributed by atoms with Crippen LogP contribution in [0.1, 0.15) is 36.1 Å². The highest BCUT2D eigenvalue weighted by atomic mass is 32.2. The third-order valence-electron chi connectivity index (χ3n) is 4.58. The summed E-state index contributed by atoms with van der Waals surface area (Å²) in [7, 11) is -3.69. The summed E-state index contributed by atoms with van der Waals surface area (Å²) in [6.07, 6.45) is 4.51. The van der Waals surface area contributed by atoms with Crippen molar-refractivity contribution in [1.82, 2.24) is 4.72 Å². The van der Waals surface area contributed by atoms with Crippen LogP contribution in [0.2, 0.25) is 0 Å². The maximum Gasteiger partial charge on any atom is 0.273 e. The van der Waals surface area contributed by atoms with Gasteiger partial charge in [-0.05, 0) is 43.7 Å². The standard InChI is InChI=1S/C14H19NO3S2/c1-8-6-13(19-9(8)2)20(17,18)15-14(16)12-7-11(12)10-4-3-5-10/h6,10-12H,3-5,7H2,1-2H3,(H,15,16)/t11-,12+/m0/s1. The topological polar surface area (TPSA) is 63.2 Å². The molecule has 0 spiro atoms. The Morgan fingerprint density at radius 3 is 2.55 bits per heavy atom. The summed E-state index contributed by atoms with van der Waals surface area (Å²) in [6, 6.07) is 1.63. The first-order chi connectivity index (χ1) is 9.38. The number of nitrogens with one attached hydrogen (secondary N) is 1. The molecule has 2 atom stereocenters. The SMILES string of the molecule is Cc1cc(S(=O)(=O)NC(=O)[C@@H]2C[C@H]2C2CCC2)sc1C. The van der Waals surface area contributed by atoms with Crippen LogP contribution in [0.15, 0.2) is 10.3 Å². The highest BCUT2D eigenvalue weighted by Gasteiger charge is 2.49. The van der Waals surface area contributed by atoms with Gasteiger partial charge in [0.1, 0.15) is 4.21 Å². The molecule has 2 aliphatic rings. The van der Waals surface area contributed by atoms with Gasteiger partial charge in [-0.3, -0.25) is 4.79 Å². The molecule has 110 valence electrons. The van der Waals surface area contributed by atoms with Crippen molar-refractivity contribution in [2.45, 2.75) is 43.7 Å². The molecular formula is C14H19NO3S2. The number of carbonyl (C=O) groups is 1. The van der Waals surface area contributed by atoms with Gasteiger partial charge in [0.25, 0.3) is 10.0 Å². The summed E-state index contributed by atoms with van der Waals surface area (Å²) < 4.78 is 26.8. The molecule has 2 fully saturated rings. The van der Waals surface area contributed by atoms with E-state index >= 15 is 0 Å². The average Bonchev–Trinajstić information content (AvgIpc) is 2.97. The van der Waals surface area contributed by atoms with Gasteiger partial charge in [0, 0.05) is 10.8 Å². The zero-order valence-corrected chi connectivity index (χ0v) is 13.3. The summed E-state index contributed by atoms with van der Waals surface area (Å²) in [6.45, 7) is 3.76. The molecule has 1 aromatic rings. The molecule has 1 amide bonds. The fraction of sp³-hybridized carbons (Fsp3) is 0.643. The predicted molar refractivity (Wildman–Crippen MR) is 78.1 cm³/mol. The fourth-order valence-corrected chi connectivity index (χ4v) is 5.38. The summed E-state index contributed by atoms with van der Waals surface area (Å²) in [5.74, 6) is 0.674. The van der Waals surface area contributed by atoms with Gasteiger partial charge < -0.3 is 0 Å². The highest BCUT2D eigenvalue weighted by Crippen LogP contribution is 2.51. The molecule has 2 aliphatic carbocycles. The van der Waals surface area contributed by atoms with Gasteiger partial charge in [-0.15, -0.1) is 11.3 Å². The Bertz CT molecular complexity index is 624. The van der Waals surface area contributed by atoms with Gasteiger partial charge in [-0.2, -0.15) is 0 Å². The van der Waals surface area contributed by atoms with Crippen molar-refractivity contribution in [2.75, 3.05) is 0 Å². The number of hydrogen-bond donors (Lipinski definition) is 1. The second-order valence-electron chi connectivity index (χ2n) is 5.97. The zero-order valence-electron chi connectivity index (χ0n) is 11.7. The molecule has 20 heavy (non-hydrogen) atoms. The third kappa shape index (κ3) is 2.51. The van der Waals surface area contributed by atoms with Crippen LogP contribution in [0.3, 0.4) is 0 Å². The maximum absolute atomic E-state index is 12.2. The van der Waals surface area contributed by atoms with Gasteiger partial charge in [-0.1, -0.05) is 19.3 Å². The summed E-state index contributed by atoms with van der Waals surface area (Å²) in [5.41, 5.74) is 0.946. The van der Waals surface area contributed by atoms with Crippen LogP contribution in [-0.2, 0) is 14.8 Å². The molecule has 0 saturated heterocycles. The van der Waals surface area contributed by atoms with Crippen molar-refractivity contribution in [2.24, 2.45) is 17.8 Å². The highest BCUT2D eigenvalue weighted by molar-refractivity contribution is 7.92. The van der Waals surface area contributed by atoms with Crippen LogP contribution in [0.5, 0.6) is 0 Å². The van der Waals surface area contributed by atoms with Crippen LogP contribution >= 0.6 is 11.3 Å². The van der Waals surface area contributed by atoms with Crippen LogP contribution in [0, 0.1) is 31.6 Å². The molecule has 1 aromatic heterocycles. The van der Waals surface area contributed by atoms with E-state index in [1.165, 1.54) is 30.6 Å². The minimum absolute atomic E-state index is 0.0859. The lowest BCUT2D eigenvalue weighted by Crippen LogP contribution is -2.32. The Labute approximate surface area is 123 Å². The number of rotatable bonds is 4. The van der Waals surface area contributed by atoms with E-state index in [0.717, 1.165) is 16.9 Å². The molecule has 0 aromatic carbocycles. The van der Waals surface area contributed by atoms with Gasteiger partial charge in [0.2, 0.25) is 5.91 Å². The van der Waals surface area contributed by atoms with Crippen molar-refractivity contribution >= 4 is 27.3 Å². The molecule has 0 radical (unpaired) electrons. The molecule has 0 bridgehead atoms. The first-order valence-corrected chi connectivity index (χ1v) is 9.32. The Morgan fingerprint density at radius 2 is 2.05 bits per heavy atom. The third-order valence-corrected chi connectivity index (χ3v) is 7.55. The number of carbonyl (C=O) groups excluding carboxylic acids is 1. The minimum Gasteiger partial charge on any atom is -0.274 e. The Balaban J connectivity index is 1.66. The van der Waals surface area contributed by atoms with Gasteiger partial charge in [0.05, 0.1) is 0 Å². The molecule has 1 N–H and O–H groups in total. The summed E-state index contributed by atoms with van der Waals surface area (Å²) >= 11 is 1.22. The van der Waals surface area contributed by atoms with Crippen LogP contribution in [0.25, 0.3) is 0 Å². The van der Waals surface area contributed by atoms with Gasteiger partial charge in [-0.25, -0.2) is 13.1 Å². The van der Waals surface area contributed by atoms with Gasteiger partial charge in [0.15, 0.2) is 0 Å². The van der Waals surface area contributed by atoms with E-state index in [2.05, 4.69) is 4.72 Å². The van der Waals surface area contributed by atoms with E-state index in [0.29, 0.717) is 11.8 Å². The predicted octanol–water partition coefficient (Wildman–Crippen LogP) is 2.61. The lowest BCUT2D eigenvalue weighted by atomic mass is 9.81. The zero-order chi connectivity index (χ0) is 14.5. The van der Waals surface area contributed by atoms with E-state index in [4.69, 9.17) is 0 Å². The molecule has 4 nitrogen and oxygen atoms in total. The molecule has 0 unspecified atom stereocenters. The lowest BCUT2D eigenvalue weighted by molar-refractivity contribution is -0.121. The molecule has 0 aliphatic heterocycles. The van der Waals surface area contributed by atoms with Crippen molar-refractivity contribution in [3.05, 3.63) is 16.5 Å².